The van der Waals surface area contributed by atoms with Crippen LogP contribution in [-0.2, 0) is 20.9 Å². The summed E-state index contributed by atoms with van der Waals surface area (Å²) in [6.07, 6.45) is 4.10. The van der Waals surface area contributed by atoms with Crippen molar-refractivity contribution in [1.29, 1.82) is 0 Å². The van der Waals surface area contributed by atoms with Crippen LogP contribution >= 0.6 is 23.2 Å². The summed E-state index contributed by atoms with van der Waals surface area (Å²) in [6.45, 7) is 6.94. The topological polar surface area (TPSA) is 106 Å². The van der Waals surface area contributed by atoms with Crippen molar-refractivity contribution in [2.24, 2.45) is 0 Å². The lowest BCUT2D eigenvalue weighted by Crippen LogP contribution is -2.45. The van der Waals surface area contributed by atoms with Crippen molar-refractivity contribution < 1.29 is 23.8 Å². The van der Waals surface area contributed by atoms with Crippen LogP contribution in [0.4, 0.5) is 0 Å². The minimum Gasteiger partial charge on any atom is -0.481 e. The van der Waals surface area contributed by atoms with Crippen LogP contribution in [0.2, 0.25) is 10.0 Å². The van der Waals surface area contributed by atoms with E-state index < -0.39 is 18.1 Å². The molecule has 200 valence electrons. The summed E-state index contributed by atoms with van der Waals surface area (Å²) in [4.78, 5) is 23.5. The molecule has 37 heavy (non-hydrogen) atoms. The second kappa shape index (κ2) is 15.3. The lowest BCUT2D eigenvalue weighted by molar-refractivity contribution is -0.160. The third kappa shape index (κ3) is 10.1. The van der Waals surface area contributed by atoms with E-state index in [0.29, 0.717) is 21.8 Å². The standard InChI is InChI=1S/C20H17Cl2N3O3.C3H6.C2H4O2.C2H6/c1-12-23-24-17(28-12)10-25-18(26)11-27-20(14-3-2-4-16(22)9-14)19(25)13-5-7-15(21)8-6-13;1-2-3-1;1-2(3)4;1-2/h2-9,19-20H,10-11H2,1H3;1-3H2;1H3,(H,3,4);1-2H3. The number of nitrogens with zero attached hydrogens (tertiary/aromatic N) is 3. The molecule has 1 aliphatic heterocycles. The highest BCUT2D eigenvalue weighted by molar-refractivity contribution is 6.30. The van der Waals surface area contributed by atoms with Gasteiger partial charge in [0.2, 0.25) is 17.7 Å². The van der Waals surface area contributed by atoms with Gasteiger partial charge in [0.15, 0.2) is 0 Å². The summed E-state index contributed by atoms with van der Waals surface area (Å²) in [5.41, 5.74) is 1.77. The van der Waals surface area contributed by atoms with Gasteiger partial charge in [0.1, 0.15) is 12.7 Å². The first kappa shape index (κ1) is 30.3. The number of carboxylic acids is 1. The smallest absolute Gasteiger partial charge is 0.300 e. The molecule has 1 aliphatic carbocycles. The molecule has 2 fully saturated rings. The largest absolute Gasteiger partial charge is 0.481 e. The maximum atomic E-state index is 12.8. The van der Waals surface area contributed by atoms with Crippen LogP contribution in [0.25, 0.3) is 0 Å². The molecule has 2 unspecified atom stereocenters. The number of hydrogen-bond acceptors (Lipinski definition) is 6. The van der Waals surface area contributed by atoms with Gasteiger partial charge < -0.3 is 19.2 Å². The van der Waals surface area contributed by atoms with E-state index in [1.807, 2.05) is 44.2 Å². The molecule has 0 bridgehead atoms. The molecular formula is C27H33Cl2N3O5. The van der Waals surface area contributed by atoms with Crippen LogP contribution in [-0.4, -0.2) is 38.7 Å². The van der Waals surface area contributed by atoms with Crippen LogP contribution in [0.3, 0.4) is 0 Å². The highest BCUT2D eigenvalue weighted by Gasteiger charge is 2.39. The van der Waals surface area contributed by atoms with Gasteiger partial charge in [0.05, 0.1) is 12.6 Å². The quantitative estimate of drug-likeness (QED) is 0.380. The van der Waals surface area contributed by atoms with Crippen LogP contribution < -0.4 is 0 Å². The number of amides is 1. The van der Waals surface area contributed by atoms with Crippen LogP contribution in [0.1, 0.15) is 75.1 Å². The Morgan fingerprint density at radius 3 is 2.16 bits per heavy atom. The van der Waals surface area contributed by atoms with E-state index in [0.717, 1.165) is 18.1 Å². The van der Waals surface area contributed by atoms with Crippen molar-refractivity contribution in [1.82, 2.24) is 15.1 Å². The first-order valence-electron chi connectivity index (χ1n) is 12.1. The molecular weight excluding hydrogens is 517 g/mol. The Morgan fingerprint density at radius 2 is 1.65 bits per heavy atom. The summed E-state index contributed by atoms with van der Waals surface area (Å²) in [7, 11) is 0. The fraction of sp³-hybridized carbons (Fsp3) is 0.407. The Kier molecular flexibility index (Phi) is 12.6. The number of rotatable bonds is 4. The number of hydrogen-bond donors (Lipinski definition) is 1. The van der Waals surface area contributed by atoms with E-state index in [1.165, 1.54) is 19.3 Å². The minimum absolute atomic E-state index is 0.0472. The molecule has 2 atom stereocenters. The van der Waals surface area contributed by atoms with Crippen molar-refractivity contribution in [3.63, 3.8) is 0 Å². The lowest BCUT2D eigenvalue weighted by Gasteiger charge is -2.41. The highest BCUT2D eigenvalue weighted by atomic mass is 35.5. The van der Waals surface area contributed by atoms with Gasteiger partial charge in [0, 0.05) is 23.9 Å². The fourth-order valence-corrected chi connectivity index (χ4v) is 3.69. The molecule has 2 aromatic carbocycles. The molecule has 5 rings (SSSR count). The second-order valence-corrected chi connectivity index (χ2v) is 8.97. The van der Waals surface area contributed by atoms with E-state index >= 15 is 0 Å². The molecule has 1 N–H and O–H groups in total. The van der Waals surface area contributed by atoms with E-state index in [1.54, 1.807) is 30.0 Å². The van der Waals surface area contributed by atoms with Gasteiger partial charge in [-0.1, -0.05) is 80.6 Å². The van der Waals surface area contributed by atoms with Crippen LogP contribution in [0.5, 0.6) is 0 Å². The number of aryl methyl sites for hydroxylation is 1. The lowest BCUT2D eigenvalue weighted by atomic mass is 9.92. The number of aromatic nitrogens is 2. The van der Waals surface area contributed by atoms with Gasteiger partial charge in [-0.25, -0.2) is 0 Å². The highest BCUT2D eigenvalue weighted by Crippen LogP contribution is 2.41. The van der Waals surface area contributed by atoms with Gasteiger partial charge in [-0.05, 0) is 35.4 Å². The average molecular weight is 550 g/mol. The van der Waals surface area contributed by atoms with Gasteiger partial charge in [-0.2, -0.15) is 0 Å². The molecule has 10 heteroatoms. The van der Waals surface area contributed by atoms with E-state index in [4.69, 9.17) is 42.3 Å². The molecule has 1 amide bonds. The molecule has 2 aliphatic rings. The van der Waals surface area contributed by atoms with Gasteiger partial charge in [0.25, 0.3) is 5.97 Å². The average Bonchev–Trinajstić information content (AvgIpc) is 3.70. The zero-order valence-electron chi connectivity index (χ0n) is 21.5. The maximum Gasteiger partial charge on any atom is 0.300 e. The SMILES string of the molecule is C1CC1.CC.CC(=O)O.Cc1nnc(CN2C(=O)COC(c3cccc(Cl)c3)C2c2ccc(Cl)cc2)o1. The van der Waals surface area contributed by atoms with Crippen LogP contribution in [0, 0.1) is 6.92 Å². The number of halogens is 2. The zero-order chi connectivity index (χ0) is 27.4. The summed E-state index contributed by atoms with van der Waals surface area (Å²) in [6, 6.07) is 14.4. The molecule has 0 radical (unpaired) electrons. The number of carbonyl (C=O) groups excluding carboxylic acids is 1. The van der Waals surface area contributed by atoms with E-state index in [-0.39, 0.29) is 19.1 Å². The Hall–Kier alpha value is -2.94. The third-order valence-corrected chi connectivity index (χ3v) is 5.43. The molecule has 1 saturated carbocycles. The van der Waals surface area contributed by atoms with Crippen LogP contribution in [0.15, 0.2) is 52.9 Å². The molecule has 0 spiro atoms. The molecule has 3 aromatic rings. The van der Waals surface area contributed by atoms with Crippen molar-refractivity contribution in [2.45, 2.75) is 65.6 Å². The number of morpholine rings is 1. The fourth-order valence-electron chi connectivity index (χ4n) is 3.36. The van der Waals surface area contributed by atoms with Gasteiger partial charge >= 0.3 is 0 Å². The summed E-state index contributed by atoms with van der Waals surface area (Å²) in [5.74, 6) is -0.171. The predicted molar refractivity (Wildman–Crippen MR) is 142 cm³/mol. The first-order valence-corrected chi connectivity index (χ1v) is 12.9. The summed E-state index contributed by atoms with van der Waals surface area (Å²) in [5, 5.41) is 16.5. The Bertz CT molecular complexity index is 1130. The van der Waals surface area contributed by atoms with E-state index in [9.17, 15) is 4.79 Å². The summed E-state index contributed by atoms with van der Waals surface area (Å²) < 4.78 is 11.5. The predicted octanol–water partition coefficient (Wildman–Crippen LogP) is 6.81. The normalized spacial score (nSPS) is 17.8. The Balaban J connectivity index is 0.000000463. The molecule has 1 saturated heterocycles. The maximum absolute atomic E-state index is 12.8. The number of aliphatic carboxylic acids is 1. The summed E-state index contributed by atoms with van der Waals surface area (Å²) >= 11 is 12.2. The Morgan fingerprint density at radius 1 is 1.03 bits per heavy atom. The van der Waals surface area contributed by atoms with E-state index in [2.05, 4.69) is 10.2 Å². The third-order valence-electron chi connectivity index (χ3n) is 4.95. The minimum atomic E-state index is -0.833. The molecule has 2 heterocycles. The van der Waals surface area contributed by atoms with Gasteiger partial charge in [-0.3, -0.25) is 9.59 Å². The van der Waals surface area contributed by atoms with Gasteiger partial charge in [-0.15, -0.1) is 10.2 Å². The number of carbonyl (C=O) groups is 2. The number of ether oxygens (including phenoxy) is 1. The number of benzene rings is 2. The van der Waals surface area contributed by atoms with Crippen molar-refractivity contribution in [3.05, 3.63) is 81.5 Å². The van der Waals surface area contributed by atoms with Crippen molar-refractivity contribution >= 4 is 35.1 Å². The number of carboxylic acid groups (broad SMARTS) is 1. The molecule has 1 aromatic heterocycles. The van der Waals surface area contributed by atoms with Crippen molar-refractivity contribution in [2.75, 3.05) is 6.61 Å². The second-order valence-electron chi connectivity index (χ2n) is 8.10. The Labute approximate surface area is 227 Å². The van der Waals surface area contributed by atoms with Crippen molar-refractivity contribution in [3.8, 4) is 0 Å². The zero-order valence-corrected chi connectivity index (χ0v) is 23.0. The first-order chi connectivity index (χ1) is 17.7. The molecule has 8 nitrogen and oxygen atoms in total. The monoisotopic (exact) mass is 549 g/mol.